The number of rotatable bonds is 8. The highest BCUT2D eigenvalue weighted by molar-refractivity contribution is 6.04. The molecule has 3 amide bonds. The summed E-state index contributed by atoms with van der Waals surface area (Å²) in [5.74, 6) is 1.11. The van der Waals surface area contributed by atoms with Gasteiger partial charge in [-0.1, -0.05) is 49.4 Å². The summed E-state index contributed by atoms with van der Waals surface area (Å²) < 4.78 is 5.31. The van der Waals surface area contributed by atoms with Crippen LogP contribution >= 0.6 is 0 Å². The predicted octanol–water partition coefficient (Wildman–Crippen LogP) is 5.55. The molecule has 7 heteroatoms. The van der Waals surface area contributed by atoms with Gasteiger partial charge in [0.25, 0.3) is 5.91 Å². The summed E-state index contributed by atoms with van der Waals surface area (Å²) in [5.41, 5.74) is 3.74. The van der Waals surface area contributed by atoms with E-state index in [1.165, 1.54) is 5.56 Å². The maximum Gasteiger partial charge on any atom is 0.323 e. The molecule has 1 saturated heterocycles. The third-order valence-corrected chi connectivity index (χ3v) is 6.52. The molecule has 0 unspecified atom stereocenters. The van der Waals surface area contributed by atoms with Crippen LogP contribution in [0.15, 0.2) is 72.8 Å². The van der Waals surface area contributed by atoms with Crippen molar-refractivity contribution in [1.82, 2.24) is 5.32 Å². The lowest BCUT2D eigenvalue weighted by molar-refractivity contribution is 0.0954. The quantitative estimate of drug-likeness (QED) is 0.390. The first-order valence-electron chi connectivity index (χ1n) is 12.5. The number of nitrogens with zero attached hydrogens (tertiary/aromatic N) is 1. The van der Waals surface area contributed by atoms with Crippen molar-refractivity contribution in [2.24, 2.45) is 5.92 Å². The van der Waals surface area contributed by atoms with E-state index in [1.807, 2.05) is 42.5 Å². The Kier molecular flexibility index (Phi) is 8.44. The van der Waals surface area contributed by atoms with Gasteiger partial charge in [-0.15, -0.1) is 0 Å². The van der Waals surface area contributed by atoms with Gasteiger partial charge < -0.3 is 25.6 Å². The minimum Gasteiger partial charge on any atom is -0.495 e. The van der Waals surface area contributed by atoms with Crippen LogP contribution in [0.25, 0.3) is 0 Å². The topological polar surface area (TPSA) is 82.7 Å². The van der Waals surface area contributed by atoms with Gasteiger partial charge >= 0.3 is 6.03 Å². The van der Waals surface area contributed by atoms with Crippen molar-refractivity contribution in [1.29, 1.82) is 0 Å². The highest BCUT2D eigenvalue weighted by Crippen LogP contribution is 2.29. The Bertz CT molecular complexity index is 1170. The van der Waals surface area contributed by atoms with E-state index in [4.69, 9.17) is 4.74 Å². The number of piperidine rings is 1. The van der Waals surface area contributed by atoms with E-state index in [0.717, 1.165) is 38.0 Å². The summed E-state index contributed by atoms with van der Waals surface area (Å²) in [4.78, 5) is 28.3. The van der Waals surface area contributed by atoms with Crippen LogP contribution in [0.4, 0.5) is 21.9 Å². The van der Waals surface area contributed by atoms with E-state index in [-0.39, 0.29) is 5.91 Å². The lowest BCUT2D eigenvalue weighted by atomic mass is 9.97. The molecule has 3 N–H and O–H groups in total. The zero-order valence-electron chi connectivity index (χ0n) is 20.9. The zero-order chi connectivity index (χ0) is 25.3. The Morgan fingerprint density at radius 2 is 1.67 bits per heavy atom. The van der Waals surface area contributed by atoms with Crippen LogP contribution < -0.4 is 25.6 Å². The van der Waals surface area contributed by atoms with Crippen LogP contribution in [-0.4, -0.2) is 38.7 Å². The first-order valence-corrected chi connectivity index (χ1v) is 12.5. The highest BCUT2D eigenvalue weighted by Gasteiger charge is 2.22. The van der Waals surface area contributed by atoms with Gasteiger partial charge in [0.05, 0.1) is 18.4 Å². The second-order valence-electron chi connectivity index (χ2n) is 9.17. The zero-order valence-corrected chi connectivity index (χ0v) is 20.9. The molecule has 1 heterocycles. The number of nitrogens with one attached hydrogen (secondary N) is 3. The van der Waals surface area contributed by atoms with Gasteiger partial charge in [-0.05, 0) is 61.1 Å². The molecule has 3 aromatic rings. The van der Waals surface area contributed by atoms with E-state index >= 15 is 0 Å². The van der Waals surface area contributed by atoms with E-state index in [1.54, 1.807) is 25.3 Å². The summed E-state index contributed by atoms with van der Waals surface area (Å²) in [5, 5.41) is 8.72. The number of urea groups is 1. The smallest absolute Gasteiger partial charge is 0.323 e. The minimum atomic E-state index is -0.408. The van der Waals surface area contributed by atoms with Crippen molar-refractivity contribution < 1.29 is 14.3 Å². The first kappa shape index (κ1) is 25.1. The number of amides is 3. The average molecular weight is 487 g/mol. The number of benzene rings is 3. The Balaban J connectivity index is 1.49. The molecule has 0 spiro atoms. The maximum absolute atomic E-state index is 13.3. The van der Waals surface area contributed by atoms with Crippen molar-refractivity contribution >= 4 is 29.0 Å². The largest absolute Gasteiger partial charge is 0.495 e. The monoisotopic (exact) mass is 486 g/mol. The van der Waals surface area contributed by atoms with Crippen molar-refractivity contribution in [2.45, 2.75) is 26.2 Å². The molecule has 3 aromatic carbocycles. The van der Waals surface area contributed by atoms with Gasteiger partial charge in [0.2, 0.25) is 0 Å². The van der Waals surface area contributed by atoms with Gasteiger partial charge in [0.15, 0.2) is 0 Å². The van der Waals surface area contributed by atoms with E-state index in [2.05, 4.69) is 39.9 Å². The lowest BCUT2D eigenvalue weighted by Gasteiger charge is -2.33. The SMILES string of the molecule is COc1ccccc1NC(=O)Nc1ccc(N2CCC(C)CC2)c(C(=O)NCCc2ccccc2)c1. The van der Waals surface area contributed by atoms with Crippen LogP contribution in [0.2, 0.25) is 0 Å². The lowest BCUT2D eigenvalue weighted by Crippen LogP contribution is -2.35. The van der Waals surface area contributed by atoms with Gasteiger partial charge in [-0.2, -0.15) is 0 Å². The van der Waals surface area contributed by atoms with Crippen molar-refractivity contribution in [3.8, 4) is 5.75 Å². The second-order valence-corrected chi connectivity index (χ2v) is 9.17. The number of methoxy groups -OCH3 is 1. The number of hydrogen-bond donors (Lipinski definition) is 3. The third kappa shape index (κ3) is 6.56. The second kappa shape index (κ2) is 12.1. The molecular formula is C29H34N4O3. The normalized spacial score (nSPS) is 13.7. The summed E-state index contributed by atoms with van der Waals surface area (Å²) in [7, 11) is 1.56. The summed E-state index contributed by atoms with van der Waals surface area (Å²) in [6, 6.07) is 22.4. The minimum absolute atomic E-state index is 0.145. The van der Waals surface area contributed by atoms with Gasteiger partial charge in [0.1, 0.15) is 5.75 Å². The fourth-order valence-corrected chi connectivity index (χ4v) is 4.41. The van der Waals surface area contributed by atoms with Gasteiger partial charge in [0, 0.05) is 31.0 Å². The van der Waals surface area contributed by atoms with Crippen LogP contribution in [0.1, 0.15) is 35.7 Å². The molecule has 0 bridgehead atoms. The summed E-state index contributed by atoms with van der Waals surface area (Å²) in [6.07, 6.45) is 2.94. The molecule has 188 valence electrons. The molecule has 1 aliphatic rings. The Morgan fingerprint density at radius 1 is 0.944 bits per heavy atom. The standard InChI is InChI=1S/C29H34N4O3/c1-21-15-18-33(19-16-21)26-13-12-23(31-29(35)32-25-10-6-7-11-27(25)36-2)20-24(26)28(34)30-17-14-22-8-4-3-5-9-22/h3-13,20-21H,14-19H2,1-2H3,(H,30,34)(H2,31,32,35). The van der Waals surface area contributed by atoms with Crippen LogP contribution in [-0.2, 0) is 6.42 Å². The fourth-order valence-electron chi connectivity index (χ4n) is 4.41. The predicted molar refractivity (Wildman–Crippen MR) is 145 cm³/mol. The molecule has 0 aliphatic carbocycles. The summed E-state index contributed by atoms with van der Waals surface area (Å²) in [6.45, 7) is 4.62. The Hall–Kier alpha value is -4.00. The highest BCUT2D eigenvalue weighted by atomic mass is 16.5. The summed E-state index contributed by atoms with van der Waals surface area (Å²) >= 11 is 0. The third-order valence-electron chi connectivity index (χ3n) is 6.52. The molecule has 4 rings (SSSR count). The van der Waals surface area contributed by atoms with Crippen molar-refractivity contribution in [3.63, 3.8) is 0 Å². The molecular weight excluding hydrogens is 452 g/mol. The van der Waals surface area contributed by atoms with E-state index in [0.29, 0.717) is 35.2 Å². The van der Waals surface area contributed by atoms with Crippen LogP contribution in [0.5, 0.6) is 5.75 Å². The number of anilines is 3. The van der Waals surface area contributed by atoms with E-state index < -0.39 is 6.03 Å². The number of ether oxygens (including phenoxy) is 1. The van der Waals surface area contributed by atoms with Gasteiger partial charge in [-0.3, -0.25) is 4.79 Å². The molecule has 1 fully saturated rings. The Labute approximate surface area is 212 Å². The van der Waals surface area contributed by atoms with Crippen molar-refractivity contribution in [2.75, 3.05) is 42.3 Å². The van der Waals surface area contributed by atoms with Crippen LogP contribution in [0, 0.1) is 5.92 Å². The molecule has 1 aliphatic heterocycles. The van der Waals surface area contributed by atoms with Crippen LogP contribution in [0.3, 0.4) is 0 Å². The average Bonchev–Trinajstić information content (AvgIpc) is 2.90. The number of para-hydroxylation sites is 2. The molecule has 0 atom stereocenters. The Morgan fingerprint density at radius 3 is 2.42 bits per heavy atom. The molecule has 0 radical (unpaired) electrons. The molecule has 0 aromatic heterocycles. The first-order chi connectivity index (χ1) is 17.5. The number of carbonyl (C=O) groups excluding carboxylic acids is 2. The fraction of sp³-hybridized carbons (Fsp3) is 0.310. The molecule has 7 nitrogen and oxygen atoms in total. The molecule has 0 saturated carbocycles. The number of carbonyl (C=O) groups is 2. The van der Waals surface area contributed by atoms with Crippen molar-refractivity contribution in [3.05, 3.63) is 83.9 Å². The maximum atomic E-state index is 13.3. The number of hydrogen-bond acceptors (Lipinski definition) is 4. The molecule has 36 heavy (non-hydrogen) atoms. The van der Waals surface area contributed by atoms with Gasteiger partial charge in [-0.25, -0.2) is 4.79 Å². The van der Waals surface area contributed by atoms with E-state index in [9.17, 15) is 9.59 Å².